The van der Waals surface area contributed by atoms with Crippen molar-refractivity contribution in [2.75, 3.05) is 19.6 Å². The minimum Gasteiger partial charge on any atom is -0.312 e. The third-order valence-electron chi connectivity index (χ3n) is 5.98. The van der Waals surface area contributed by atoms with Crippen LogP contribution < -0.4 is 5.32 Å². The number of hydrogen-bond donors (Lipinski definition) is 1. The lowest BCUT2D eigenvalue weighted by atomic mass is 9.81. The molecule has 0 bridgehead atoms. The largest absolute Gasteiger partial charge is 0.312 e. The van der Waals surface area contributed by atoms with Crippen LogP contribution in [0.5, 0.6) is 0 Å². The van der Waals surface area contributed by atoms with Crippen LogP contribution in [0.3, 0.4) is 0 Å². The quantitative estimate of drug-likeness (QED) is 0.717. The normalized spacial score (nSPS) is 25.9. The second-order valence-corrected chi connectivity index (χ2v) is 7.30. The van der Waals surface area contributed by atoms with Crippen molar-refractivity contribution in [3.8, 4) is 0 Å². The molecule has 0 radical (unpaired) electrons. The molecule has 2 fully saturated rings. The highest BCUT2D eigenvalue weighted by Gasteiger charge is 2.40. The van der Waals surface area contributed by atoms with E-state index in [1.807, 2.05) is 0 Å². The molecule has 20 heavy (non-hydrogen) atoms. The van der Waals surface area contributed by atoms with E-state index in [-0.39, 0.29) is 0 Å². The first kappa shape index (κ1) is 16.3. The van der Waals surface area contributed by atoms with E-state index in [1.54, 1.807) is 0 Å². The number of nitrogens with zero attached hydrogens (tertiary/aromatic N) is 1. The van der Waals surface area contributed by atoms with Crippen molar-refractivity contribution in [1.82, 2.24) is 10.2 Å². The van der Waals surface area contributed by atoms with Crippen LogP contribution in [0.15, 0.2) is 0 Å². The Bertz CT molecular complexity index is 267. The van der Waals surface area contributed by atoms with Gasteiger partial charge in [-0.3, -0.25) is 4.90 Å². The van der Waals surface area contributed by atoms with Crippen molar-refractivity contribution in [2.24, 2.45) is 5.92 Å². The first-order chi connectivity index (χ1) is 9.70. The summed E-state index contributed by atoms with van der Waals surface area (Å²) in [6, 6.07) is 0.689. The lowest BCUT2D eigenvalue weighted by Crippen LogP contribution is -2.59. The number of rotatable bonds is 8. The van der Waals surface area contributed by atoms with E-state index >= 15 is 0 Å². The molecule has 0 amide bonds. The minimum atomic E-state index is 0.369. The number of nitrogens with one attached hydrogen (secondary N) is 1. The molecule has 0 aromatic carbocycles. The maximum absolute atomic E-state index is 3.92. The van der Waals surface area contributed by atoms with Gasteiger partial charge in [0.25, 0.3) is 0 Å². The molecule has 0 spiro atoms. The van der Waals surface area contributed by atoms with E-state index in [0.717, 1.165) is 5.92 Å². The lowest BCUT2D eigenvalue weighted by Gasteiger charge is -2.46. The van der Waals surface area contributed by atoms with Crippen molar-refractivity contribution >= 4 is 0 Å². The zero-order valence-electron chi connectivity index (χ0n) is 14.1. The fraction of sp³-hybridized carbons (Fsp3) is 1.00. The average molecular weight is 280 g/mol. The Hall–Kier alpha value is -0.0800. The van der Waals surface area contributed by atoms with Gasteiger partial charge >= 0.3 is 0 Å². The molecule has 2 unspecified atom stereocenters. The molecule has 1 heterocycles. The first-order valence-corrected chi connectivity index (χ1v) is 9.19. The summed E-state index contributed by atoms with van der Waals surface area (Å²) < 4.78 is 0. The molecular formula is C18H36N2. The van der Waals surface area contributed by atoms with Crippen LogP contribution in [0.1, 0.15) is 78.6 Å². The molecule has 1 N–H and O–H groups in total. The lowest BCUT2D eigenvalue weighted by molar-refractivity contribution is 0.0729. The van der Waals surface area contributed by atoms with Crippen LogP contribution in [-0.4, -0.2) is 36.1 Å². The van der Waals surface area contributed by atoms with Crippen LogP contribution in [0.4, 0.5) is 0 Å². The fourth-order valence-corrected chi connectivity index (χ4v) is 4.37. The molecular weight excluding hydrogens is 244 g/mol. The van der Waals surface area contributed by atoms with E-state index in [2.05, 4.69) is 31.0 Å². The topological polar surface area (TPSA) is 15.3 Å². The number of likely N-dealkylation sites (tertiary alicyclic amines) is 1. The van der Waals surface area contributed by atoms with E-state index in [1.165, 1.54) is 77.4 Å². The standard InChI is InChI=1S/C18H36N2/c1-4-12-19-17(15-16-10-6-7-11-16)18(3,5-2)20-13-8-9-14-20/h16-17,19H,4-15H2,1-3H3. The maximum Gasteiger partial charge on any atom is 0.0331 e. The van der Waals surface area contributed by atoms with Crippen molar-refractivity contribution in [2.45, 2.75) is 90.1 Å². The molecule has 1 aliphatic carbocycles. The van der Waals surface area contributed by atoms with Gasteiger partial charge in [0.2, 0.25) is 0 Å². The SMILES string of the molecule is CCCNC(CC1CCCC1)C(C)(CC)N1CCCC1. The molecule has 2 heteroatoms. The van der Waals surface area contributed by atoms with Gasteiger partial charge < -0.3 is 5.32 Å². The monoisotopic (exact) mass is 280 g/mol. The zero-order chi connectivity index (χ0) is 14.4. The minimum absolute atomic E-state index is 0.369. The molecule has 1 aliphatic heterocycles. The highest BCUT2D eigenvalue weighted by Crippen LogP contribution is 2.35. The third-order valence-corrected chi connectivity index (χ3v) is 5.98. The van der Waals surface area contributed by atoms with Gasteiger partial charge in [-0.15, -0.1) is 0 Å². The summed E-state index contributed by atoms with van der Waals surface area (Å²) in [4.78, 5) is 2.79. The van der Waals surface area contributed by atoms with Crippen LogP contribution in [0, 0.1) is 5.92 Å². The first-order valence-electron chi connectivity index (χ1n) is 9.19. The molecule has 2 nitrogen and oxygen atoms in total. The van der Waals surface area contributed by atoms with E-state index in [9.17, 15) is 0 Å². The molecule has 2 atom stereocenters. The fourth-order valence-electron chi connectivity index (χ4n) is 4.37. The second-order valence-electron chi connectivity index (χ2n) is 7.30. The summed E-state index contributed by atoms with van der Waals surface area (Å²) in [7, 11) is 0. The van der Waals surface area contributed by atoms with E-state index < -0.39 is 0 Å². The van der Waals surface area contributed by atoms with Gasteiger partial charge in [0.05, 0.1) is 0 Å². The van der Waals surface area contributed by atoms with Gasteiger partial charge in [-0.05, 0) is 64.6 Å². The van der Waals surface area contributed by atoms with E-state index in [0.29, 0.717) is 11.6 Å². The predicted octanol–water partition coefficient (Wildman–Crippen LogP) is 4.20. The highest BCUT2D eigenvalue weighted by molar-refractivity contribution is 4.99. The van der Waals surface area contributed by atoms with Crippen molar-refractivity contribution in [3.63, 3.8) is 0 Å². The summed E-state index contributed by atoms with van der Waals surface area (Å²) in [5.41, 5.74) is 0.369. The Kier molecular flexibility index (Phi) is 6.35. The van der Waals surface area contributed by atoms with Crippen LogP contribution in [-0.2, 0) is 0 Å². The van der Waals surface area contributed by atoms with Crippen LogP contribution in [0.2, 0.25) is 0 Å². The Morgan fingerprint density at radius 3 is 2.30 bits per heavy atom. The Balaban J connectivity index is 2.04. The molecule has 118 valence electrons. The molecule has 2 aliphatic rings. The zero-order valence-corrected chi connectivity index (χ0v) is 14.1. The second kappa shape index (κ2) is 7.79. The Morgan fingerprint density at radius 2 is 1.75 bits per heavy atom. The molecule has 2 rings (SSSR count). The van der Waals surface area contributed by atoms with Gasteiger partial charge in [0.1, 0.15) is 0 Å². The van der Waals surface area contributed by atoms with Gasteiger partial charge in [-0.1, -0.05) is 39.5 Å². The van der Waals surface area contributed by atoms with Crippen molar-refractivity contribution in [3.05, 3.63) is 0 Å². The average Bonchev–Trinajstić information content (AvgIpc) is 3.15. The Morgan fingerprint density at radius 1 is 1.10 bits per heavy atom. The molecule has 0 aromatic rings. The predicted molar refractivity (Wildman–Crippen MR) is 88.2 cm³/mol. The smallest absolute Gasteiger partial charge is 0.0331 e. The van der Waals surface area contributed by atoms with Crippen LogP contribution >= 0.6 is 0 Å². The van der Waals surface area contributed by atoms with Crippen molar-refractivity contribution < 1.29 is 0 Å². The van der Waals surface area contributed by atoms with Gasteiger partial charge in [0, 0.05) is 11.6 Å². The summed E-state index contributed by atoms with van der Waals surface area (Å²) in [6.45, 7) is 11.0. The van der Waals surface area contributed by atoms with E-state index in [4.69, 9.17) is 0 Å². The Labute approximate surface area is 126 Å². The third kappa shape index (κ3) is 3.76. The maximum atomic E-state index is 3.92. The van der Waals surface area contributed by atoms with Crippen molar-refractivity contribution in [1.29, 1.82) is 0 Å². The van der Waals surface area contributed by atoms with Gasteiger partial charge in [-0.2, -0.15) is 0 Å². The highest BCUT2D eigenvalue weighted by atomic mass is 15.2. The van der Waals surface area contributed by atoms with Gasteiger partial charge in [0.15, 0.2) is 0 Å². The van der Waals surface area contributed by atoms with Crippen LogP contribution in [0.25, 0.3) is 0 Å². The summed E-state index contributed by atoms with van der Waals surface area (Å²) >= 11 is 0. The molecule has 1 saturated heterocycles. The summed E-state index contributed by atoms with van der Waals surface area (Å²) in [5, 5.41) is 3.92. The number of hydrogen-bond acceptors (Lipinski definition) is 2. The molecule has 1 saturated carbocycles. The summed E-state index contributed by atoms with van der Waals surface area (Å²) in [6.07, 6.45) is 12.6. The summed E-state index contributed by atoms with van der Waals surface area (Å²) in [5.74, 6) is 0.984. The van der Waals surface area contributed by atoms with Gasteiger partial charge in [-0.25, -0.2) is 0 Å². The molecule has 0 aromatic heterocycles.